The molecule has 0 saturated heterocycles. The van der Waals surface area contributed by atoms with Crippen molar-refractivity contribution in [2.45, 2.75) is 25.3 Å². The van der Waals surface area contributed by atoms with Crippen molar-refractivity contribution in [3.63, 3.8) is 0 Å². The largest absolute Gasteiger partial charge is 0.465 e. The number of hydrogen-bond acceptors (Lipinski definition) is 4. The van der Waals surface area contributed by atoms with Crippen LogP contribution < -0.4 is 10.5 Å². The number of benzene rings is 1. The molecule has 2 rings (SSSR count). The Morgan fingerprint density at radius 1 is 1.33 bits per heavy atom. The highest BCUT2D eigenvalue weighted by molar-refractivity contribution is 9.10. The van der Waals surface area contributed by atoms with E-state index in [9.17, 15) is 12.8 Å². The van der Waals surface area contributed by atoms with Gasteiger partial charge in [-0.3, -0.25) is 4.72 Å². The molecule has 1 heterocycles. The van der Waals surface area contributed by atoms with E-state index in [4.69, 9.17) is 10.2 Å². The van der Waals surface area contributed by atoms with Crippen molar-refractivity contribution in [1.82, 2.24) is 0 Å². The fourth-order valence-corrected chi connectivity index (χ4v) is 4.20. The molecular weight excluding hydrogens is 363 g/mol. The lowest BCUT2D eigenvalue weighted by molar-refractivity contribution is 0.494. The molecule has 21 heavy (non-hydrogen) atoms. The Labute approximate surface area is 130 Å². The highest BCUT2D eigenvalue weighted by Crippen LogP contribution is 2.31. The van der Waals surface area contributed by atoms with E-state index in [0.29, 0.717) is 15.8 Å². The van der Waals surface area contributed by atoms with Gasteiger partial charge in [0.25, 0.3) is 10.0 Å². The van der Waals surface area contributed by atoms with Gasteiger partial charge in [0.15, 0.2) is 0 Å². The van der Waals surface area contributed by atoms with Crippen molar-refractivity contribution < 1.29 is 17.2 Å². The zero-order chi connectivity index (χ0) is 15.8. The van der Waals surface area contributed by atoms with E-state index in [0.717, 1.165) is 0 Å². The van der Waals surface area contributed by atoms with Gasteiger partial charge in [0.1, 0.15) is 22.2 Å². The van der Waals surface area contributed by atoms with E-state index in [2.05, 4.69) is 20.7 Å². The van der Waals surface area contributed by atoms with E-state index in [-0.39, 0.29) is 22.9 Å². The summed E-state index contributed by atoms with van der Waals surface area (Å²) >= 11 is 3.12. The fourth-order valence-electron chi connectivity index (χ4n) is 2.08. The van der Waals surface area contributed by atoms with Crippen LogP contribution in [0.5, 0.6) is 0 Å². The molecule has 3 N–H and O–H groups in total. The average molecular weight is 377 g/mol. The van der Waals surface area contributed by atoms with Gasteiger partial charge in [-0.05, 0) is 41.9 Å². The molecule has 0 atom stereocenters. The van der Waals surface area contributed by atoms with Crippen molar-refractivity contribution >= 4 is 31.6 Å². The number of anilines is 1. The second kappa shape index (κ2) is 5.78. The van der Waals surface area contributed by atoms with E-state index in [1.165, 1.54) is 25.1 Å². The van der Waals surface area contributed by atoms with Gasteiger partial charge in [0.05, 0.1) is 5.69 Å². The van der Waals surface area contributed by atoms with Gasteiger partial charge in [0.2, 0.25) is 0 Å². The number of para-hydroxylation sites is 1. The topological polar surface area (TPSA) is 85.3 Å². The summed E-state index contributed by atoms with van der Waals surface area (Å²) < 4.78 is 46.6. The number of rotatable bonds is 4. The van der Waals surface area contributed by atoms with Crippen molar-refractivity contribution in [1.29, 1.82) is 0 Å². The fraction of sp³-hybridized carbons (Fsp3) is 0.231. The molecule has 0 spiro atoms. The molecule has 0 aliphatic heterocycles. The van der Waals surface area contributed by atoms with Gasteiger partial charge in [-0.1, -0.05) is 6.07 Å². The number of furan rings is 1. The molecule has 1 aromatic carbocycles. The first kappa shape index (κ1) is 16.0. The maximum Gasteiger partial charge on any atom is 0.265 e. The molecule has 0 radical (unpaired) electrons. The van der Waals surface area contributed by atoms with Crippen LogP contribution in [0.2, 0.25) is 0 Å². The highest BCUT2D eigenvalue weighted by Gasteiger charge is 2.27. The summed E-state index contributed by atoms with van der Waals surface area (Å²) in [6.45, 7) is 3.17. The van der Waals surface area contributed by atoms with E-state index < -0.39 is 15.8 Å². The third-order valence-corrected chi connectivity index (χ3v) is 5.20. The molecule has 0 aliphatic carbocycles. The molecule has 114 valence electrons. The van der Waals surface area contributed by atoms with E-state index in [1.54, 1.807) is 6.92 Å². The smallest absolute Gasteiger partial charge is 0.265 e. The molecule has 0 saturated carbocycles. The Kier molecular flexibility index (Phi) is 4.40. The van der Waals surface area contributed by atoms with Crippen LogP contribution in [-0.4, -0.2) is 8.42 Å². The quantitative estimate of drug-likeness (QED) is 0.858. The Morgan fingerprint density at radius 2 is 2.00 bits per heavy atom. The molecule has 0 aliphatic rings. The predicted molar refractivity (Wildman–Crippen MR) is 81.0 cm³/mol. The summed E-state index contributed by atoms with van der Waals surface area (Å²) in [5, 5.41) is 0. The number of nitrogens with two attached hydrogens (primary N) is 1. The zero-order valence-corrected chi connectivity index (χ0v) is 13.8. The van der Waals surface area contributed by atoms with Gasteiger partial charge >= 0.3 is 0 Å². The van der Waals surface area contributed by atoms with Crippen molar-refractivity contribution in [3.8, 4) is 0 Å². The van der Waals surface area contributed by atoms with E-state index >= 15 is 0 Å². The number of halogens is 2. The number of nitrogens with one attached hydrogen (secondary N) is 1. The average Bonchev–Trinajstić information content (AvgIpc) is 2.69. The van der Waals surface area contributed by atoms with Gasteiger partial charge in [-0.2, -0.15) is 0 Å². The first-order valence-corrected chi connectivity index (χ1v) is 8.31. The van der Waals surface area contributed by atoms with Gasteiger partial charge in [0, 0.05) is 16.6 Å². The summed E-state index contributed by atoms with van der Waals surface area (Å²) in [5.41, 5.74) is 5.81. The molecule has 0 bridgehead atoms. The molecule has 5 nitrogen and oxygen atoms in total. The third-order valence-electron chi connectivity index (χ3n) is 3.00. The highest BCUT2D eigenvalue weighted by atomic mass is 79.9. The van der Waals surface area contributed by atoms with Crippen LogP contribution in [0.4, 0.5) is 10.1 Å². The maximum absolute atomic E-state index is 13.8. The van der Waals surface area contributed by atoms with Crippen LogP contribution >= 0.6 is 15.9 Å². The van der Waals surface area contributed by atoms with Gasteiger partial charge in [-0.15, -0.1) is 0 Å². The number of aryl methyl sites for hydroxylation is 2. The molecular formula is C13H14BrFN2O3S. The Bertz CT molecular complexity index is 767. The van der Waals surface area contributed by atoms with Crippen LogP contribution in [0, 0.1) is 19.7 Å². The minimum Gasteiger partial charge on any atom is -0.465 e. The second-order valence-electron chi connectivity index (χ2n) is 4.43. The lowest BCUT2D eigenvalue weighted by Gasteiger charge is -2.11. The molecule has 2 aromatic rings. The normalized spacial score (nSPS) is 11.7. The molecule has 0 amide bonds. The Hall–Kier alpha value is -1.38. The monoisotopic (exact) mass is 376 g/mol. The standard InChI is InChI=1S/C13H14BrFN2O3S/c1-7-9(6-16)13(8(2)20-7)21(18,19)17-12-10(14)4-3-5-11(12)15/h3-5,17H,6,16H2,1-2H3. The summed E-state index contributed by atoms with van der Waals surface area (Å²) in [7, 11) is -4.00. The minimum atomic E-state index is -4.00. The molecule has 0 unspecified atom stereocenters. The predicted octanol–water partition coefficient (Wildman–Crippen LogP) is 3.06. The number of hydrogen-bond donors (Lipinski definition) is 2. The van der Waals surface area contributed by atoms with Crippen LogP contribution in [-0.2, 0) is 16.6 Å². The molecule has 8 heteroatoms. The summed E-state index contributed by atoms with van der Waals surface area (Å²) in [6, 6.07) is 4.17. The first-order chi connectivity index (χ1) is 9.77. The summed E-state index contributed by atoms with van der Waals surface area (Å²) in [5.74, 6) is -0.0315. The van der Waals surface area contributed by atoms with Gasteiger partial charge < -0.3 is 10.2 Å². The van der Waals surface area contributed by atoms with E-state index in [1.807, 2.05) is 0 Å². The van der Waals surface area contributed by atoms with Crippen molar-refractivity contribution in [3.05, 3.63) is 45.6 Å². The lowest BCUT2D eigenvalue weighted by Crippen LogP contribution is -2.17. The zero-order valence-electron chi connectivity index (χ0n) is 11.4. The SMILES string of the molecule is Cc1oc(C)c(S(=O)(=O)Nc2c(F)cccc2Br)c1CN. The summed E-state index contributed by atoms with van der Waals surface area (Å²) in [4.78, 5) is -0.0438. The number of sulfonamides is 1. The second-order valence-corrected chi connectivity index (χ2v) is 6.90. The maximum atomic E-state index is 13.8. The summed E-state index contributed by atoms with van der Waals surface area (Å²) in [6.07, 6.45) is 0. The molecule has 1 aromatic heterocycles. The third kappa shape index (κ3) is 2.97. The first-order valence-electron chi connectivity index (χ1n) is 6.03. The molecule has 0 fully saturated rings. The van der Waals surface area contributed by atoms with Gasteiger partial charge in [-0.25, -0.2) is 12.8 Å². The lowest BCUT2D eigenvalue weighted by atomic mass is 10.2. The Morgan fingerprint density at radius 3 is 2.57 bits per heavy atom. The van der Waals surface area contributed by atoms with Crippen molar-refractivity contribution in [2.75, 3.05) is 4.72 Å². The van der Waals surface area contributed by atoms with Crippen LogP contribution in [0.25, 0.3) is 0 Å². The van der Waals surface area contributed by atoms with Crippen molar-refractivity contribution in [2.24, 2.45) is 5.73 Å². The van der Waals surface area contributed by atoms with Crippen LogP contribution in [0.3, 0.4) is 0 Å². The van der Waals surface area contributed by atoms with Crippen LogP contribution in [0.15, 0.2) is 32.0 Å². The Balaban J connectivity index is 2.54. The minimum absolute atomic E-state index is 0.0118. The van der Waals surface area contributed by atoms with Crippen LogP contribution in [0.1, 0.15) is 17.1 Å².